The molecule has 0 bridgehead atoms. The van der Waals surface area contributed by atoms with Gasteiger partial charge in [-0.3, -0.25) is 4.79 Å². The summed E-state index contributed by atoms with van der Waals surface area (Å²) >= 11 is 6.38. The Morgan fingerprint density at radius 1 is 1.43 bits per heavy atom. The SMILES string of the molecule is CC(CN)C(=O)NCC1(c2ccccc2Cl)CCOCC1. The molecule has 2 rings (SSSR count). The molecule has 0 spiro atoms. The lowest BCUT2D eigenvalue weighted by Crippen LogP contribution is -2.46. The Morgan fingerprint density at radius 2 is 2.10 bits per heavy atom. The van der Waals surface area contributed by atoms with Crippen molar-refractivity contribution in [1.82, 2.24) is 5.32 Å². The lowest BCUT2D eigenvalue weighted by molar-refractivity contribution is -0.124. The number of ether oxygens (including phenoxy) is 1. The predicted molar refractivity (Wildman–Crippen MR) is 84.4 cm³/mol. The zero-order chi connectivity index (χ0) is 15.3. The van der Waals surface area contributed by atoms with Gasteiger partial charge in [0.1, 0.15) is 0 Å². The summed E-state index contributed by atoms with van der Waals surface area (Å²) < 4.78 is 5.49. The summed E-state index contributed by atoms with van der Waals surface area (Å²) in [5.41, 5.74) is 6.49. The predicted octanol–water partition coefficient (Wildman–Crippen LogP) is 2.10. The van der Waals surface area contributed by atoms with Gasteiger partial charge in [0.25, 0.3) is 0 Å². The van der Waals surface area contributed by atoms with E-state index in [0.29, 0.717) is 26.3 Å². The molecule has 1 aromatic rings. The van der Waals surface area contributed by atoms with Crippen molar-refractivity contribution >= 4 is 17.5 Å². The lowest BCUT2D eigenvalue weighted by atomic mass is 9.74. The van der Waals surface area contributed by atoms with Crippen LogP contribution in [0.1, 0.15) is 25.3 Å². The summed E-state index contributed by atoms with van der Waals surface area (Å²) in [6.45, 7) is 4.14. The maximum Gasteiger partial charge on any atom is 0.224 e. The zero-order valence-electron chi connectivity index (χ0n) is 12.4. The van der Waals surface area contributed by atoms with Crippen molar-refractivity contribution in [3.8, 4) is 0 Å². The van der Waals surface area contributed by atoms with Crippen molar-refractivity contribution in [1.29, 1.82) is 0 Å². The Balaban J connectivity index is 2.18. The Kier molecular flexibility index (Phi) is 5.62. The van der Waals surface area contributed by atoms with Crippen LogP contribution in [0.2, 0.25) is 5.02 Å². The first kappa shape index (κ1) is 16.3. The number of carbonyl (C=O) groups is 1. The van der Waals surface area contributed by atoms with Gasteiger partial charge in [-0.15, -0.1) is 0 Å². The molecule has 1 saturated heterocycles. The van der Waals surface area contributed by atoms with Crippen LogP contribution in [0.4, 0.5) is 0 Å². The smallest absolute Gasteiger partial charge is 0.224 e. The van der Waals surface area contributed by atoms with Gasteiger partial charge in [-0.2, -0.15) is 0 Å². The van der Waals surface area contributed by atoms with Crippen molar-refractivity contribution in [2.75, 3.05) is 26.3 Å². The average molecular weight is 311 g/mol. The number of nitrogens with two attached hydrogens (primary N) is 1. The van der Waals surface area contributed by atoms with E-state index in [1.807, 2.05) is 31.2 Å². The number of amides is 1. The second kappa shape index (κ2) is 7.25. The maximum absolute atomic E-state index is 12.0. The molecule has 1 atom stereocenters. The highest BCUT2D eigenvalue weighted by Gasteiger charge is 2.36. The molecule has 1 aliphatic rings. The first-order valence-electron chi connectivity index (χ1n) is 7.39. The molecule has 116 valence electrons. The van der Waals surface area contributed by atoms with E-state index in [0.717, 1.165) is 23.4 Å². The number of rotatable bonds is 5. The van der Waals surface area contributed by atoms with Gasteiger partial charge >= 0.3 is 0 Å². The molecule has 0 aromatic heterocycles. The van der Waals surface area contributed by atoms with E-state index in [-0.39, 0.29) is 17.2 Å². The average Bonchev–Trinajstić information content (AvgIpc) is 2.53. The van der Waals surface area contributed by atoms with Gasteiger partial charge in [-0.25, -0.2) is 0 Å². The van der Waals surface area contributed by atoms with Crippen LogP contribution in [-0.2, 0) is 14.9 Å². The minimum Gasteiger partial charge on any atom is -0.381 e. The molecule has 3 N–H and O–H groups in total. The molecule has 0 saturated carbocycles. The third kappa shape index (κ3) is 3.76. The van der Waals surface area contributed by atoms with Crippen LogP contribution >= 0.6 is 11.6 Å². The van der Waals surface area contributed by atoms with E-state index in [4.69, 9.17) is 22.1 Å². The third-order valence-corrected chi connectivity index (χ3v) is 4.63. The van der Waals surface area contributed by atoms with E-state index in [1.54, 1.807) is 0 Å². The molecule has 1 heterocycles. The number of benzene rings is 1. The second-order valence-corrected chi connectivity index (χ2v) is 6.13. The van der Waals surface area contributed by atoms with E-state index in [9.17, 15) is 4.79 Å². The molecule has 1 unspecified atom stereocenters. The largest absolute Gasteiger partial charge is 0.381 e. The fourth-order valence-electron chi connectivity index (χ4n) is 2.73. The molecular weight excluding hydrogens is 288 g/mol. The van der Waals surface area contributed by atoms with E-state index < -0.39 is 0 Å². The van der Waals surface area contributed by atoms with Crippen LogP contribution in [0, 0.1) is 5.92 Å². The number of hydrogen-bond acceptors (Lipinski definition) is 3. The van der Waals surface area contributed by atoms with Crippen molar-refractivity contribution in [2.24, 2.45) is 11.7 Å². The molecule has 0 aliphatic carbocycles. The summed E-state index contributed by atoms with van der Waals surface area (Å²) in [5, 5.41) is 3.79. The number of halogens is 1. The van der Waals surface area contributed by atoms with Crippen LogP contribution in [0.5, 0.6) is 0 Å². The van der Waals surface area contributed by atoms with Gasteiger partial charge in [0, 0.05) is 42.7 Å². The number of hydrogen-bond donors (Lipinski definition) is 2. The Hall–Kier alpha value is -1.10. The van der Waals surface area contributed by atoms with E-state index >= 15 is 0 Å². The highest BCUT2D eigenvalue weighted by molar-refractivity contribution is 6.31. The van der Waals surface area contributed by atoms with E-state index in [1.165, 1.54) is 0 Å². The van der Waals surface area contributed by atoms with Gasteiger partial charge in [0.05, 0.1) is 0 Å². The van der Waals surface area contributed by atoms with Crippen molar-refractivity contribution in [2.45, 2.75) is 25.2 Å². The Bertz CT molecular complexity index is 487. The van der Waals surface area contributed by atoms with Crippen LogP contribution in [0.15, 0.2) is 24.3 Å². The topological polar surface area (TPSA) is 64.4 Å². The van der Waals surface area contributed by atoms with Crippen LogP contribution < -0.4 is 11.1 Å². The molecule has 1 fully saturated rings. The quantitative estimate of drug-likeness (QED) is 0.875. The summed E-state index contributed by atoms with van der Waals surface area (Å²) in [4.78, 5) is 12.0. The number of carbonyl (C=O) groups excluding carboxylic acids is 1. The molecule has 0 radical (unpaired) electrons. The van der Waals surface area contributed by atoms with Gasteiger partial charge < -0.3 is 15.8 Å². The highest BCUT2D eigenvalue weighted by Crippen LogP contribution is 2.38. The monoisotopic (exact) mass is 310 g/mol. The van der Waals surface area contributed by atoms with Crippen LogP contribution in [0.25, 0.3) is 0 Å². The molecule has 21 heavy (non-hydrogen) atoms. The Labute approximate surface area is 131 Å². The Morgan fingerprint density at radius 3 is 2.71 bits per heavy atom. The lowest BCUT2D eigenvalue weighted by Gasteiger charge is -2.38. The first-order valence-corrected chi connectivity index (χ1v) is 7.77. The fraction of sp³-hybridized carbons (Fsp3) is 0.562. The van der Waals surface area contributed by atoms with Crippen molar-refractivity contribution < 1.29 is 9.53 Å². The minimum atomic E-state index is -0.173. The fourth-order valence-corrected chi connectivity index (χ4v) is 3.07. The molecule has 5 heteroatoms. The molecule has 1 aliphatic heterocycles. The summed E-state index contributed by atoms with van der Waals surface area (Å²) in [5.74, 6) is -0.177. The zero-order valence-corrected chi connectivity index (χ0v) is 13.2. The van der Waals surface area contributed by atoms with Crippen LogP contribution in [-0.4, -0.2) is 32.2 Å². The van der Waals surface area contributed by atoms with E-state index in [2.05, 4.69) is 5.32 Å². The minimum absolute atomic E-state index is 0.00424. The molecule has 1 amide bonds. The summed E-state index contributed by atoms with van der Waals surface area (Å²) in [7, 11) is 0. The maximum atomic E-state index is 12.0. The van der Waals surface area contributed by atoms with Crippen molar-refractivity contribution in [3.63, 3.8) is 0 Å². The van der Waals surface area contributed by atoms with Gasteiger partial charge in [0.15, 0.2) is 0 Å². The summed E-state index contributed by atoms with van der Waals surface area (Å²) in [6, 6.07) is 7.86. The molecule has 4 nitrogen and oxygen atoms in total. The normalized spacial score (nSPS) is 19.0. The first-order chi connectivity index (χ1) is 10.1. The number of nitrogens with one attached hydrogen (secondary N) is 1. The van der Waals surface area contributed by atoms with Gasteiger partial charge in [-0.05, 0) is 24.5 Å². The second-order valence-electron chi connectivity index (χ2n) is 5.73. The standard InChI is InChI=1S/C16H23ClN2O2/c1-12(10-18)15(20)19-11-16(6-8-21-9-7-16)13-4-2-3-5-14(13)17/h2-5,12H,6-11,18H2,1H3,(H,19,20). The summed E-state index contributed by atoms with van der Waals surface area (Å²) in [6.07, 6.45) is 1.71. The van der Waals surface area contributed by atoms with Crippen molar-refractivity contribution in [3.05, 3.63) is 34.9 Å². The highest BCUT2D eigenvalue weighted by atomic mass is 35.5. The third-order valence-electron chi connectivity index (χ3n) is 4.30. The molecular formula is C16H23ClN2O2. The van der Waals surface area contributed by atoms with Gasteiger partial charge in [-0.1, -0.05) is 36.7 Å². The molecule has 1 aromatic carbocycles. The van der Waals surface area contributed by atoms with Gasteiger partial charge in [0.2, 0.25) is 5.91 Å². The van der Waals surface area contributed by atoms with Crippen LogP contribution in [0.3, 0.4) is 0 Å².